The zero-order valence-corrected chi connectivity index (χ0v) is 8.96. The Bertz CT molecular complexity index is 85.7. The zero-order valence-electron chi connectivity index (χ0n) is 7.14. The highest BCUT2D eigenvalue weighted by atomic mass is 32.1. The van der Waals surface area contributed by atoms with E-state index in [0.717, 1.165) is 18.8 Å². The number of rotatable bonds is 5. The average molecular weight is 177 g/mol. The van der Waals surface area contributed by atoms with Crippen LogP contribution in [0.2, 0.25) is 19.1 Å². The first-order valence-corrected chi connectivity index (χ1v) is 7.53. The lowest BCUT2D eigenvalue weighted by atomic mass is 10.6. The summed E-state index contributed by atoms with van der Waals surface area (Å²) in [6, 6.07) is 1.21. The van der Waals surface area contributed by atoms with Crippen molar-refractivity contribution in [2.75, 3.05) is 12.4 Å². The molecule has 0 fully saturated rings. The molecule has 1 nitrogen and oxygen atoms in total. The molecule has 0 aromatic carbocycles. The molecule has 0 saturated carbocycles. The van der Waals surface area contributed by atoms with Crippen molar-refractivity contribution < 1.29 is 4.43 Å². The van der Waals surface area contributed by atoms with Crippen LogP contribution in [-0.2, 0) is 4.43 Å². The highest BCUT2D eigenvalue weighted by Gasteiger charge is 2.19. The Morgan fingerprint density at radius 1 is 1.40 bits per heavy atom. The first-order valence-electron chi connectivity index (χ1n) is 3.84. The largest absolute Gasteiger partial charge is 0.418 e. The predicted octanol–water partition coefficient (Wildman–Crippen LogP) is 2.82. The molecule has 61 valence electrons. The van der Waals surface area contributed by atoms with Gasteiger partial charge in [-0.25, -0.2) is 0 Å². The minimum absolute atomic E-state index is 0.858. The van der Waals surface area contributed by atoms with Crippen molar-refractivity contribution in [1.29, 1.82) is 0 Å². The summed E-state index contributed by atoms with van der Waals surface area (Å²) in [7, 11) is -1.29. The van der Waals surface area contributed by atoms with Crippen LogP contribution in [0.1, 0.15) is 13.3 Å². The summed E-state index contributed by atoms with van der Waals surface area (Å²) in [6.45, 7) is 7.42. The van der Waals surface area contributed by atoms with E-state index in [9.17, 15) is 0 Å². The van der Waals surface area contributed by atoms with Crippen molar-refractivity contribution in [3.8, 4) is 0 Å². The molecular weight excluding hydrogens is 160 g/mol. The molecule has 0 rings (SSSR count). The molecule has 0 amide bonds. The van der Waals surface area contributed by atoms with Crippen molar-refractivity contribution in [2.24, 2.45) is 0 Å². The van der Waals surface area contributed by atoms with Crippen LogP contribution < -0.4 is 0 Å². The fourth-order valence-corrected chi connectivity index (χ4v) is 3.32. The lowest BCUT2D eigenvalue weighted by molar-refractivity contribution is 0.328. The Hall–Kier alpha value is 0.527. The zero-order chi connectivity index (χ0) is 8.04. The molecule has 0 saturated heterocycles. The van der Waals surface area contributed by atoms with Gasteiger partial charge in [0, 0.05) is 12.4 Å². The minimum atomic E-state index is -1.29. The van der Waals surface area contributed by atoms with E-state index in [0.29, 0.717) is 0 Å². The standard InChI is InChI=1S/C7H17OSSi/c1-4-8-10(2,3)7-5-6-9/h4-7H2,1-3H3. The van der Waals surface area contributed by atoms with E-state index in [4.69, 9.17) is 17.1 Å². The summed E-state index contributed by atoms with van der Waals surface area (Å²) in [5.74, 6) is 0.878. The molecule has 0 aliphatic carbocycles. The number of hydrogen-bond donors (Lipinski definition) is 0. The van der Waals surface area contributed by atoms with Gasteiger partial charge in [-0.05, 0) is 32.5 Å². The lowest BCUT2D eigenvalue weighted by Crippen LogP contribution is -2.29. The van der Waals surface area contributed by atoms with E-state index < -0.39 is 8.32 Å². The summed E-state index contributed by atoms with van der Waals surface area (Å²) in [5, 5.41) is 0. The first-order chi connectivity index (χ1) is 4.62. The van der Waals surface area contributed by atoms with Crippen molar-refractivity contribution >= 4 is 20.9 Å². The average Bonchev–Trinajstić information content (AvgIpc) is 1.84. The Balaban J connectivity index is 3.42. The van der Waals surface area contributed by atoms with E-state index in [1.807, 2.05) is 0 Å². The van der Waals surface area contributed by atoms with Crippen LogP contribution in [0, 0.1) is 0 Å². The fraction of sp³-hybridized carbons (Fsp3) is 1.00. The Morgan fingerprint density at radius 3 is 2.40 bits per heavy atom. The maximum absolute atomic E-state index is 5.62. The predicted molar refractivity (Wildman–Crippen MR) is 51.0 cm³/mol. The molecule has 0 aliphatic rings. The smallest absolute Gasteiger partial charge is 0.186 e. The van der Waals surface area contributed by atoms with Crippen LogP contribution in [0.15, 0.2) is 0 Å². The van der Waals surface area contributed by atoms with Crippen molar-refractivity contribution in [2.45, 2.75) is 32.5 Å². The van der Waals surface area contributed by atoms with E-state index >= 15 is 0 Å². The third kappa shape index (κ3) is 5.32. The molecular formula is C7H17OSSi. The molecule has 0 spiro atoms. The Kier molecular flexibility index (Phi) is 5.49. The molecule has 10 heavy (non-hydrogen) atoms. The van der Waals surface area contributed by atoms with E-state index in [-0.39, 0.29) is 0 Å². The van der Waals surface area contributed by atoms with Gasteiger partial charge >= 0.3 is 0 Å². The molecule has 3 heteroatoms. The topological polar surface area (TPSA) is 9.23 Å². The van der Waals surface area contributed by atoms with Crippen LogP contribution >= 0.6 is 12.6 Å². The molecule has 0 atom stereocenters. The Labute approximate surface area is 70.7 Å². The fourth-order valence-electron chi connectivity index (χ4n) is 0.961. The molecule has 0 aromatic heterocycles. The van der Waals surface area contributed by atoms with Crippen LogP contribution in [0.5, 0.6) is 0 Å². The van der Waals surface area contributed by atoms with E-state index in [2.05, 4.69) is 20.0 Å². The SMILES string of the molecule is CCO[Si](C)(C)CCC[S]. The van der Waals surface area contributed by atoms with Gasteiger partial charge in [0.2, 0.25) is 0 Å². The summed E-state index contributed by atoms with van der Waals surface area (Å²) >= 11 is 4.87. The second kappa shape index (κ2) is 5.21. The summed E-state index contributed by atoms with van der Waals surface area (Å²) in [6.07, 6.45) is 1.15. The maximum atomic E-state index is 5.62. The second-order valence-electron chi connectivity index (χ2n) is 3.00. The third-order valence-corrected chi connectivity index (χ3v) is 4.37. The van der Waals surface area contributed by atoms with E-state index in [1.165, 1.54) is 6.04 Å². The van der Waals surface area contributed by atoms with Gasteiger partial charge in [0.05, 0.1) is 0 Å². The molecule has 0 aromatic rings. The molecule has 0 bridgehead atoms. The summed E-state index contributed by atoms with van der Waals surface area (Å²) in [4.78, 5) is 0. The van der Waals surface area contributed by atoms with Gasteiger partial charge in [0.15, 0.2) is 8.32 Å². The molecule has 0 unspecified atom stereocenters. The number of hydrogen-bond acceptors (Lipinski definition) is 1. The molecule has 0 heterocycles. The van der Waals surface area contributed by atoms with E-state index in [1.54, 1.807) is 0 Å². The van der Waals surface area contributed by atoms with Gasteiger partial charge in [-0.3, -0.25) is 0 Å². The van der Waals surface area contributed by atoms with Gasteiger partial charge in [-0.1, -0.05) is 12.6 Å². The van der Waals surface area contributed by atoms with Crippen molar-refractivity contribution in [3.05, 3.63) is 0 Å². The normalized spacial score (nSPS) is 12.0. The van der Waals surface area contributed by atoms with Crippen molar-refractivity contribution in [1.82, 2.24) is 0 Å². The molecule has 0 N–H and O–H groups in total. The second-order valence-corrected chi connectivity index (χ2v) is 7.72. The van der Waals surface area contributed by atoms with Gasteiger partial charge in [-0.15, -0.1) is 0 Å². The van der Waals surface area contributed by atoms with Crippen LogP contribution in [0.3, 0.4) is 0 Å². The quantitative estimate of drug-likeness (QED) is 0.587. The molecule has 0 aliphatic heterocycles. The highest BCUT2D eigenvalue weighted by molar-refractivity contribution is 7.80. The van der Waals surface area contributed by atoms with Gasteiger partial charge in [-0.2, -0.15) is 0 Å². The molecule has 1 radical (unpaired) electrons. The van der Waals surface area contributed by atoms with Crippen LogP contribution in [0.25, 0.3) is 0 Å². The summed E-state index contributed by atoms with van der Waals surface area (Å²) in [5.41, 5.74) is 0. The van der Waals surface area contributed by atoms with Crippen molar-refractivity contribution in [3.63, 3.8) is 0 Å². The van der Waals surface area contributed by atoms with Gasteiger partial charge in [0.1, 0.15) is 0 Å². The van der Waals surface area contributed by atoms with Crippen LogP contribution in [0.4, 0.5) is 0 Å². The lowest BCUT2D eigenvalue weighted by Gasteiger charge is -2.20. The third-order valence-electron chi connectivity index (χ3n) is 1.46. The van der Waals surface area contributed by atoms with Crippen LogP contribution in [-0.4, -0.2) is 20.7 Å². The first kappa shape index (κ1) is 10.5. The van der Waals surface area contributed by atoms with Gasteiger partial charge < -0.3 is 4.43 Å². The Morgan fingerprint density at radius 2 is 2.00 bits per heavy atom. The van der Waals surface area contributed by atoms with Gasteiger partial charge in [0.25, 0.3) is 0 Å². The highest BCUT2D eigenvalue weighted by Crippen LogP contribution is 2.13. The maximum Gasteiger partial charge on any atom is 0.186 e. The summed E-state index contributed by atoms with van der Waals surface area (Å²) < 4.78 is 5.62. The monoisotopic (exact) mass is 177 g/mol. The minimum Gasteiger partial charge on any atom is -0.418 e.